The van der Waals surface area contributed by atoms with E-state index >= 15 is 4.57 Å². The number of nitrogens with one attached hydrogen (secondary N) is 2. The number of nitrogens with two attached hydrogens (primary N) is 1. The summed E-state index contributed by atoms with van der Waals surface area (Å²) in [6.45, 7) is 11.1. The van der Waals surface area contributed by atoms with Crippen molar-refractivity contribution in [2.45, 2.75) is 108 Å². The summed E-state index contributed by atoms with van der Waals surface area (Å²) in [6.07, 6.45) is -2.78. The molecule has 8 rings (SSSR count). The normalized spacial score (nSPS) is 21.2. The van der Waals surface area contributed by atoms with Gasteiger partial charge in [-0.15, -0.1) is 0 Å². The number of fused-ring (bicyclic) bond motifs is 1. The van der Waals surface area contributed by atoms with Crippen molar-refractivity contribution >= 4 is 33.3 Å². The lowest BCUT2D eigenvalue weighted by molar-refractivity contribution is -0.0959. The Bertz CT molecular complexity index is 3100. The molecule has 388 valence electrons. The molecule has 2 aliphatic heterocycles. The van der Waals surface area contributed by atoms with Crippen LogP contribution in [0, 0.1) is 18.3 Å². The molecule has 0 spiro atoms. The molecule has 3 aromatic carbocycles. The van der Waals surface area contributed by atoms with E-state index in [2.05, 4.69) is 53.8 Å². The van der Waals surface area contributed by atoms with Crippen molar-refractivity contribution in [2.24, 2.45) is 0 Å². The minimum absolute atomic E-state index is 0.0621. The number of methoxy groups -OCH3 is 2. The molecule has 3 aromatic heterocycles. The molecule has 1 unspecified atom stereocenters. The highest BCUT2D eigenvalue weighted by molar-refractivity contribution is 7.48. The molecule has 0 bridgehead atoms. The number of nitriles is 1. The van der Waals surface area contributed by atoms with E-state index in [9.17, 15) is 19.6 Å². The molecule has 0 radical (unpaired) electrons. The fourth-order valence-corrected chi connectivity index (χ4v) is 11.5. The summed E-state index contributed by atoms with van der Waals surface area (Å²) in [5, 5.41) is 9.34. The van der Waals surface area contributed by atoms with Gasteiger partial charge in [0.15, 0.2) is 19.5 Å². The second-order valence-electron chi connectivity index (χ2n) is 19.3. The minimum atomic E-state index is -4.71. The first-order valence-electron chi connectivity index (χ1n) is 23.7. The summed E-state index contributed by atoms with van der Waals surface area (Å²) in [6, 6.07) is 26.5. The van der Waals surface area contributed by atoms with Gasteiger partial charge < -0.3 is 33.8 Å². The molecule has 6 aromatic rings. The highest BCUT2D eigenvalue weighted by Gasteiger charge is 2.49. The van der Waals surface area contributed by atoms with Crippen LogP contribution >= 0.6 is 7.82 Å². The quantitative estimate of drug-likeness (QED) is 0.0301. The molecule has 0 aliphatic carbocycles. The summed E-state index contributed by atoms with van der Waals surface area (Å²) in [5.74, 6) is 1.14. The number of hydrogen-bond acceptors (Lipinski definition) is 17. The maximum Gasteiger partial charge on any atom is 0.475 e. The predicted octanol–water partition coefficient (Wildman–Crippen LogP) is 6.99. The van der Waals surface area contributed by atoms with Gasteiger partial charge in [0.2, 0.25) is 5.95 Å². The number of phosphoric acid groups is 1. The van der Waals surface area contributed by atoms with E-state index in [4.69, 9.17) is 47.4 Å². The number of aromatic amines is 2. The number of nitrogen functional groups attached to an aromatic ring is 1. The van der Waals surface area contributed by atoms with E-state index in [1.807, 2.05) is 84.9 Å². The number of aryl methyl sites for hydroxylation is 1. The van der Waals surface area contributed by atoms with Crippen molar-refractivity contribution in [1.82, 2.24) is 29.1 Å². The second-order valence-corrected chi connectivity index (χ2v) is 25.7. The van der Waals surface area contributed by atoms with E-state index in [1.165, 1.54) is 17.1 Å². The summed E-state index contributed by atoms with van der Waals surface area (Å²) >= 11 is 0. The Morgan fingerprint density at radius 3 is 2.01 bits per heavy atom. The zero-order valence-electron chi connectivity index (χ0n) is 41.9. The Morgan fingerprint density at radius 2 is 1.41 bits per heavy atom. The number of hydrogen-bond donors (Lipinski definition) is 3. The lowest BCUT2D eigenvalue weighted by Crippen LogP contribution is -2.46. The van der Waals surface area contributed by atoms with E-state index < -0.39 is 75.4 Å². The molecule has 0 amide bonds. The zero-order valence-corrected chi connectivity index (χ0v) is 43.8. The van der Waals surface area contributed by atoms with Crippen LogP contribution in [0.2, 0.25) is 18.1 Å². The number of nitrogens with zero attached hydrogens (tertiary/aromatic N) is 5. The van der Waals surface area contributed by atoms with Crippen molar-refractivity contribution in [3.63, 3.8) is 0 Å². The van der Waals surface area contributed by atoms with E-state index in [0.29, 0.717) is 11.5 Å². The molecule has 7 atom stereocenters. The number of anilines is 1. The minimum Gasteiger partial charge on any atom is -0.497 e. The zero-order chi connectivity index (χ0) is 52.3. The van der Waals surface area contributed by atoms with Gasteiger partial charge in [-0.25, -0.2) is 14.3 Å². The smallest absolute Gasteiger partial charge is 0.475 e. The number of H-pyrrole nitrogens is 2. The van der Waals surface area contributed by atoms with Crippen LogP contribution in [0.3, 0.4) is 0 Å². The molecule has 5 heterocycles. The van der Waals surface area contributed by atoms with E-state index in [-0.39, 0.29) is 66.8 Å². The first-order chi connectivity index (χ1) is 34.8. The van der Waals surface area contributed by atoms with Crippen LogP contribution in [-0.4, -0.2) is 95.8 Å². The highest BCUT2D eigenvalue weighted by Crippen LogP contribution is 2.55. The van der Waals surface area contributed by atoms with Gasteiger partial charge in [0, 0.05) is 24.6 Å². The van der Waals surface area contributed by atoms with Crippen LogP contribution in [0.15, 0.2) is 106 Å². The molecule has 2 aliphatic rings. The first kappa shape index (κ1) is 53.1. The maximum atomic E-state index is 15.3. The van der Waals surface area contributed by atoms with Crippen molar-refractivity contribution in [1.29, 1.82) is 5.26 Å². The molecule has 4 N–H and O–H groups in total. The van der Waals surface area contributed by atoms with E-state index in [0.717, 1.165) is 16.7 Å². The number of benzene rings is 3. The van der Waals surface area contributed by atoms with Gasteiger partial charge >= 0.3 is 13.5 Å². The maximum absolute atomic E-state index is 15.3. The van der Waals surface area contributed by atoms with Crippen LogP contribution in [0.25, 0.3) is 11.2 Å². The summed E-state index contributed by atoms with van der Waals surface area (Å²) in [4.78, 5) is 52.1. The Kier molecular flexibility index (Phi) is 15.8. The topological polar surface area (TPSA) is 268 Å². The number of imidazole rings is 1. The summed E-state index contributed by atoms with van der Waals surface area (Å²) in [5.41, 5.74) is 5.48. The van der Waals surface area contributed by atoms with Gasteiger partial charge in [0.1, 0.15) is 47.9 Å². The molecular formula is C50H61N8O13PSi. The van der Waals surface area contributed by atoms with Crippen LogP contribution in [0.1, 0.15) is 74.7 Å². The van der Waals surface area contributed by atoms with Gasteiger partial charge in [-0.1, -0.05) is 75.4 Å². The van der Waals surface area contributed by atoms with Gasteiger partial charge in [0.25, 0.3) is 11.1 Å². The lowest BCUT2D eigenvalue weighted by atomic mass is 9.80. The van der Waals surface area contributed by atoms with Crippen molar-refractivity contribution < 1.29 is 46.2 Å². The molecule has 73 heavy (non-hydrogen) atoms. The van der Waals surface area contributed by atoms with Crippen LogP contribution in [0.4, 0.5) is 5.95 Å². The third-order valence-electron chi connectivity index (χ3n) is 13.6. The third kappa shape index (κ3) is 11.3. The first-order valence-corrected chi connectivity index (χ1v) is 28.1. The standard InChI is InChI=1S/C50H61N8O13PSi/c1-31-27-57(48(61)56-45(31)59)41-25-37(39(68-41)28-65-50(32-13-10-9-11-14-32,33-15-19-35(63-5)20-16-33)34-17-21-36(64-6)22-18-34)70-72(62,66-24-12-23-51)67-29-40-38(71-73(7,8)49(2,3)4)26-42(69-40)58-30-53-43-44(58)54-47(52)55-46(43)60/h9-11,13-22,27,30,37-42H,12,24-26,28-29H2,1-8H3,(H,56,59,61)(H3,52,54,55,60)/t37-,38-,39+,40+,41+,42+,72?/m0/s1. The van der Waals surface area contributed by atoms with Crippen LogP contribution in [-0.2, 0) is 42.4 Å². The van der Waals surface area contributed by atoms with Crippen molar-refractivity contribution in [3.8, 4) is 17.6 Å². The van der Waals surface area contributed by atoms with Gasteiger partial charge in [0.05, 0.1) is 59.0 Å². The second kappa shape index (κ2) is 21.7. The Hall–Kier alpha value is -6.25. The number of aromatic nitrogens is 6. The van der Waals surface area contributed by atoms with Gasteiger partial charge in [-0.05, 0) is 66.0 Å². The summed E-state index contributed by atoms with van der Waals surface area (Å²) < 4.78 is 75.2. The van der Waals surface area contributed by atoms with Crippen LogP contribution in [0.5, 0.6) is 11.5 Å². The lowest BCUT2D eigenvalue weighted by Gasteiger charge is -2.39. The van der Waals surface area contributed by atoms with Gasteiger partial charge in [-0.3, -0.25) is 42.3 Å². The monoisotopic (exact) mass is 1040 g/mol. The molecule has 2 saturated heterocycles. The fraction of sp³-hybridized carbons (Fsp3) is 0.440. The molecule has 23 heteroatoms. The predicted molar refractivity (Wildman–Crippen MR) is 271 cm³/mol. The average molecular weight is 1040 g/mol. The Balaban J connectivity index is 1.15. The van der Waals surface area contributed by atoms with Crippen LogP contribution < -0.4 is 32.0 Å². The molecule has 21 nitrogen and oxygen atoms in total. The molecule has 0 saturated carbocycles. The fourth-order valence-electron chi connectivity index (χ4n) is 8.70. The van der Waals surface area contributed by atoms with E-state index in [1.54, 1.807) is 25.7 Å². The Labute approximate surface area is 422 Å². The number of phosphoric ester groups is 1. The number of ether oxygens (including phenoxy) is 5. The van der Waals surface area contributed by atoms with Crippen molar-refractivity contribution in [2.75, 3.05) is 39.8 Å². The number of rotatable bonds is 20. The van der Waals surface area contributed by atoms with Gasteiger partial charge in [-0.2, -0.15) is 10.2 Å². The van der Waals surface area contributed by atoms with Crippen molar-refractivity contribution in [3.05, 3.63) is 145 Å². The molecule has 2 fully saturated rings. The molecular weight excluding hydrogens is 980 g/mol. The SMILES string of the molecule is COc1ccc(C(OC[C@H]2O[C@@H](n3cc(C)c(=O)[nH]c3=O)C[C@@H]2OP(=O)(OCCC#N)OC[C@H]2O[C@@H](n3cnc4c(=O)[nH]c(N)nc43)C[C@@H]2O[Si](C)(C)C(C)(C)C)(c2ccccc2)c2ccc(OC)cc2)cc1. The summed E-state index contributed by atoms with van der Waals surface area (Å²) in [7, 11) is -4.06. The third-order valence-corrected chi connectivity index (χ3v) is 19.6. The highest BCUT2D eigenvalue weighted by atomic mass is 31.2. The largest absolute Gasteiger partial charge is 0.497 e. The average Bonchev–Trinajstić information content (AvgIpc) is 4.09. The Morgan fingerprint density at radius 1 is 0.822 bits per heavy atom.